The zero-order chi connectivity index (χ0) is 17.7. The second-order valence-corrected chi connectivity index (χ2v) is 6.14. The van der Waals surface area contributed by atoms with Crippen molar-refractivity contribution in [3.63, 3.8) is 0 Å². The molecule has 1 atom stereocenters. The Labute approximate surface area is 145 Å². The molecule has 0 radical (unpaired) electrons. The number of para-hydroxylation sites is 2. The molecule has 0 heterocycles. The first-order valence-corrected chi connectivity index (χ1v) is 7.91. The number of rotatable bonds is 5. The van der Waals surface area contributed by atoms with Gasteiger partial charge in [0.1, 0.15) is 11.8 Å². The van der Waals surface area contributed by atoms with Gasteiger partial charge in [0.25, 0.3) is 5.91 Å². The number of phenolic OH excluding ortho intramolecular Hbond substituents is 1. The van der Waals surface area contributed by atoms with Crippen molar-refractivity contribution in [2.45, 2.75) is 19.9 Å². The van der Waals surface area contributed by atoms with E-state index < -0.39 is 11.9 Å². The summed E-state index contributed by atoms with van der Waals surface area (Å²) in [6, 6.07) is 12.1. The Bertz CT molecular complexity index is 729. The molecule has 0 fully saturated rings. The van der Waals surface area contributed by atoms with Crippen LogP contribution in [-0.2, 0) is 4.79 Å². The molecule has 0 spiro atoms. The van der Waals surface area contributed by atoms with Crippen molar-refractivity contribution in [1.82, 2.24) is 5.32 Å². The molecule has 24 heavy (non-hydrogen) atoms. The average molecular weight is 347 g/mol. The molecule has 6 heteroatoms. The minimum atomic E-state index is -0.743. The highest BCUT2D eigenvalue weighted by atomic mass is 35.5. The quantitative estimate of drug-likeness (QED) is 0.726. The highest BCUT2D eigenvalue weighted by Crippen LogP contribution is 2.22. The topological polar surface area (TPSA) is 78.4 Å². The molecule has 0 aliphatic carbocycles. The van der Waals surface area contributed by atoms with Gasteiger partial charge in [0, 0.05) is 10.6 Å². The van der Waals surface area contributed by atoms with Gasteiger partial charge < -0.3 is 15.7 Å². The van der Waals surface area contributed by atoms with Gasteiger partial charge in [0.15, 0.2) is 0 Å². The van der Waals surface area contributed by atoms with E-state index in [0.29, 0.717) is 16.3 Å². The fourth-order valence-corrected chi connectivity index (χ4v) is 2.28. The zero-order valence-electron chi connectivity index (χ0n) is 13.4. The number of nitrogens with one attached hydrogen (secondary N) is 2. The summed E-state index contributed by atoms with van der Waals surface area (Å²) in [5.41, 5.74) is 0.717. The largest absolute Gasteiger partial charge is 0.506 e. The molecule has 0 saturated heterocycles. The third-order valence-electron chi connectivity index (χ3n) is 3.50. The maximum Gasteiger partial charge on any atom is 0.251 e. The number of halogens is 1. The summed E-state index contributed by atoms with van der Waals surface area (Å²) >= 11 is 5.81. The fraction of sp³-hybridized carbons (Fsp3) is 0.222. The molecule has 2 amide bonds. The van der Waals surface area contributed by atoms with E-state index in [1.165, 1.54) is 6.07 Å². The molecule has 2 rings (SSSR count). The van der Waals surface area contributed by atoms with Crippen molar-refractivity contribution in [2.24, 2.45) is 5.92 Å². The monoisotopic (exact) mass is 346 g/mol. The minimum absolute atomic E-state index is 0.0302. The maximum absolute atomic E-state index is 12.5. The summed E-state index contributed by atoms with van der Waals surface area (Å²) in [6.07, 6.45) is 0. The Morgan fingerprint density at radius 3 is 2.25 bits per heavy atom. The number of carbonyl (C=O) groups excluding carboxylic acids is 2. The lowest BCUT2D eigenvalue weighted by Crippen LogP contribution is -2.47. The van der Waals surface area contributed by atoms with Gasteiger partial charge >= 0.3 is 0 Å². The molecule has 0 aliphatic heterocycles. The molecule has 0 unspecified atom stereocenters. The van der Waals surface area contributed by atoms with Crippen LogP contribution in [0.2, 0.25) is 5.02 Å². The van der Waals surface area contributed by atoms with E-state index in [9.17, 15) is 14.7 Å². The summed E-state index contributed by atoms with van der Waals surface area (Å²) in [5.74, 6) is -0.920. The van der Waals surface area contributed by atoms with Crippen LogP contribution in [0, 0.1) is 5.92 Å². The van der Waals surface area contributed by atoms with Gasteiger partial charge in [-0.3, -0.25) is 9.59 Å². The number of carbonyl (C=O) groups is 2. The van der Waals surface area contributed by atoms with Gasteiger partial charge in [-0.25, -0.2) is 0 Å². The van der Waals surface area contributed by atoms with Crippen LogP contribution in [0.5, 0.6) is 5.75 Å². The van der Waals surface area contributed by atoms with Gasteiger partial charge in [-0.2, -0.15) is 0 Å². The summed E-state index contributed by atoms with van der Waals surface area (Å²) < 4.78 is 0. The standard InChI is InChI=1S/C18H19ClN2O3/c1-11(2)16(18(24)20-14-5-3-4-6-15(14)22)21-17(23)12-7-9-13(19)10-8-12/h3-11,16,22H,1-2H3,(H,20,24)(H,21,23)/t16-/m0/s1. The lowest BCUT2D eigenvalue weighted by Gasteiger charge is -2.22. The van der Waals surface area contributed by atoms with Gasteiger partial charge in [-0.05, 0) is 42.3 Å². The summed E-state index contributed by atoms with van der Waals surface area (Å²) in [5, 5.41) is 15.6. The average Bonchev–Trinajstić information content (AvgIpc) is 2.54. The first-order chi connectivity index (χ1) is 11.4. The summed E-state index contributed by atoms with van der Waals surface area (Å²) in [6.45, 7) is 3.66. The number of aromatic hydroxyl groups is 1. The number of hydrogen-bond acceptors (Lipinski definition) is 3. The Balaban J connectivity index is 2.11. The van der Waals surface area contributed by atoms with Crippen molar-refractivity contribution >= 4 is 29.1 Å². The van der Waals surface area contributed by atoms with Crippen LogP contribution in [0.3, 0.4) is 0 Å². The molecular formula is C18H19ClN2O3. The van der Waals surface area contributed by atoms with Crippen LogP contribution in [0.15, 0.2) is 48.5 Å². The predicted octanol–water partition coefficient (Wildman–Crippen LogP) is 3.44. The third-order valence-corrected chi connectivity index (χ3v) is 3.76. The molecule has 0 aliphatic rings. The first-order valence-electron chi connectivity index (χ1n) is 7.53. The van der Waals surface area contributed by atoms with Crippen LogP contribution in [0.1, 0.15) is 24.2 Å². The number of hydrogen-bond donors (Lipinski definition) is 3. The molecule has 0 bridgehead atoms. The van der Waals surface area contributed by atoms with Crippen LogP contribution in [0.4, 0.5) is 5.69 Å². The zero-order valence-corrected chi connectivity index (χ0v) is 14.2. The van der Waals surface area contributed by atoms with Gasteiger partial charge in [-0.1, -0.05) is 37.6 Å². The van der Waals surface area contributed by atoms with Crippen LogP contribution in [-0.4, -0.2) is 23.0 Å². The Kier molecular flexibility index (Phi) is 5.82. The van der Waals surface area contributed by atoms with Crippen LogP contribution in [0.25, 0.3) is 0 Å². The molecule has 0 saturated carbocycles. The van der Waals surface area contributed by atoms with E-state index in [1.54, 1.807) is 42.5 Å². The van der Waals surface area contributed by atoms with Crippen molar-refractivity contribution in [2.75, 3.05) is 5.32 Å². The molecule has 5 nitrogen and oxygen atoms in total. The lowest BCUT2D eigenvalue weighted by atomic mass is 10.0. The Morgan fingerprint density at radius 2 is 1.67 bits per heavy atom. The predicted molar refractivity (Wildman–Crippen MR) is 94.3 cm³/mol. The highest BCUT2D eigenvalue weighted by molar-refractivity contribution is 6.30. The second kappa shape index (κ2) is 7.84. The molecular weight excluding hydrogens is 328 g/mol. The van der Waals surface area contributed by atoms with E-state index in [-0.39, 0.29) is 17.6 Å². The summed E-state index contributed by atoms with van der Waals surface area (Å²) in [4.78, 5) is 24.8. The SMILES string of the molecule is CC(C)[C@H](NC(=O)c1ccc(Cl)cc1)C(=O)Nc1ccccc1O. The smallest absolute Gasteiger partial charge is 0.251 e. The molecule has 2 aromatic rings. The van der Waals surface area contributed by atoms with Crippen LogP contribution >= 0.6 is 11.6 Å². The van der Waals surface area contributed by atoms with Gasteiger partial charge in [-0.15, -0.1) is 0 Å². The van der Waals surface area contributed by atoms with Gasteiger partial charge in [0.2, 0.25) is 5.91 Å². The van der Waals surface area contributed by atoms with E-state index in [0.717, 1.165) is 0 Å². The number of phenols is 1. The lowest BCUT2D eigenvalue weighted by molar-refractivity contribution is -0.118. The normalized spacial score (nSPS) is 11.8. The molecule has 2 aromatic carbocycles. The fourth-order valence-electron chi connectivity index (χ4n) is 2.15. The minimum Gasteiger partial charge on any atom is -0.506 e. The highest BCUT2D eigenvalue weighted by Gasteiger charge is 2.25. The van der Waals surface area contributed by atoms with Crippen molar-refractivity contribution in [3.05, 3.63) is 59.1 Å². The Morgan fingerprint density at radius 1 is 1.04 bits per heavy atom. The number of amides is 2. The van der Waals surface area contributed by atoms with E-state index in [1.807, 2.05) is 13.8 Å². The maximum atomic E-state index is 12.5. The number of benzene rings is 2. The Hall–Kier alpha value is -2.53. The van der Waals surface area contributed by atoms with Crippen LogP contribution < -0.4 is 10.6 Å². The van der Waals surface area contributed by atoms with Crippen molar-refractivity contribution in [1.29, 1.82) is 0 Å². The first kappa shape index (κ1) is 17.8. The second-order valence-electron chi connectivity index (χ2n) is 5.71. The molecule has 3 N–H and O–H groups in total. The third kappa shape index (κ3) is 4.49. The van der Waals surface area contributed by atoms with Crippen molar-refractivity contribution < 1.29 is 14.7 Å². The number of anilines is 1. The molecule has 126 valence electrons. The van der Waals surface area contributed by atoms with Gasteiger partial charge in [0.05, 0.1) is 5.69 Å². The van der Waals surface area contributed by atoms with E-state index >= 15 is 0 Å². The molecule has 0 aromatic heterocycles. The summed E-state index contributed by atoms with van der Waals surface area (Å²) in [7, 11) is 0. The van der Waals surface area contributed by atoms with Crippen molar-refractivity contribution in [3.8, 4) is 5.75 Å². The van der Waals surface area contributed by atoms with E-state index in [2.05, 4.69) is 10.6 Å². The van der Waals surface area contributed by atoms with E-state index in [4.69, 9.17) is 11.6 Å².